The number of aromatic amines is 1. The van der Waals surface area contributed by atoms with Crippen molar-refractivity contribution < 1.29 is 4.79 Å². The van der Waals surface area contributed by atoms with Gasteiger partial charge in [-0.15, -0.1) is 0 Å². The first-order valence-electron chi connectivity index (χ1n) is 7.89. The van der Waals surface area contributed by atoms with Gasteiger partial charge in [-0.3, -0.25) is 9.59 Å². The van der Waals surface area contributed by atoms with Crippen LogP contribution in [0.15, 0.2) is 41.2 Å². The number of anilines is 1. The Balaban J connectivity index is 2.21. The van der Waals surface area contributed by atoms with E-state index in [1.807, 2.05) is 44.2 Å². The number of fused-ring (bicyclic) bond motifs is 1. The van der Waals surface area contributed by atoms with Crippen LogP contribution in [0.3, 0.4) is 0 Å². The highest BCUT2D eigenvalue weighted by molar-refractivity contribution is 5.95. The van der Waals surface area contributed by atoms with Gasteiger partial charge in [0.15, 0.2) is 0 Å². The van der Waals surface area contributed by atoms with Crippen molar-refractivity contribution in [1.82, 2.24) is 9.97 Å². The van der Waals surface area contributed by atoms with Gasteiger partial charge < -0.3 is 10.3 Å². The summed E-state index contributed by atoms with van der Waals surface area (Å²) in [6.45, 7) is 5.69. The largest absolute Gasteiger partial charge is 0.325 e. The Morgan fingerprint density at radius 3 is 2.58 bits per heavy atom. The number of amides is 1. The van der Waals surface area contributed by atoms with Crippen molar-refractivity contribution in [2.24, 2.45) is 0 Å². The lowest BCUT2D eigenvalue weighted by Gasteiger charge is -2.11. The maximum atomic E-state index is 12.5. The van der Waals surface area contributed by atoms with Crippen molar-refractivity contribution in [3.05, 3.63) is 57.9 Å². The standard InChI is InChI=1S/C19H19N3O2/c1-4-17(23)20-14-7-5-11(2)9-13(14)18-19(24)22-16-10-12(3)6-8-15(16)21-18/h5-10H,4H2,1-3H3,(H,20,23)(H,22,24). The summed E-state index contributed by atoms with van der Waals surface area (Å²) in [7, 11) is 0. The quantitative estimate of drug-likeness (QED) is 0.774. The van der Waals surface area contributed by atoms with Crippen molar-refractivity contribution >= 4 is 22.6 Å². The fourth-order valence-corrected chi connectivity index (χ4v) is 2.58. The second kappa shape index (κ2) is 6.28. The van der Waals surface area contributed by atoms with E-state index in [1.165, 1.54) is 0 Å². The first kappa shape index (κ1) is 15.9. The second-order valence-corrected chi connectivity index (χ2v) is 5.89. The molecule has 122 valence electrons. The molecule has 5 heteroatoms. The van der Waals surface area contributed by atoms with Crippen LogP contribution in [0.5, 0.6) is 0 Å². The minimum Gasteiger partial charge on any atom is -0.325 e. The monoisotopic (exact) mass is 321 g/mol. The van der Waals surface area contributed by atoms with Crippen LogP contribution in [0.25, 0.3) is 22.3 Å². The molecule has 1 aromatic heterocycles. The molecular formula is C19H19N3O2. The Labute approximate surface area is 139 Å². The van der Waals surface area contributed by atoms with Gasteiger partial charge in [0.05, 0.1) is 16.7 Å². The van der Waals surface area contributed by atoms with Gasteiger partial charge in [0.25, 0.3) is 5.56 Å². The summed E-state index contributed by atoms with van der Waals surface area (Å²) in [5, 5.41) is 2.84. The van der Waals surface area contributed by atoms with Crippen LogP contribution in [0.2, 0.25) is 0 Å². The fourth-order valence-electron chi connectivity index (χ4n) is 2.58. The molecule has 0 atom stereocenters. The van der Waals surface area contributed by atoms with Crippen LogP contribution in [0, 0.1) is 13.8 Å². The molecule has 2 N–H and O–H groups in total. The Morgan fingerprint density at radius 2 is 1.83 bits per heavy atom. The number of benzene rings is 2. The average molecular weight is 321 g/mol. The molecule has 0 spiro atoms. The van der Waals surface area contributed by atoms with Crippen LogP contribution >= 0.6 is 0 Å². The minimum absolute atomic E-state index is 0.104. The van der Waals surface area contributed by atoms with Crippen LogP contribution in [-0.4, -0.2) is 15.9 Å². The van der Waals surface area contributed by atoms with E-state index in [1.54, 1.807) is 13.0 Å². The molecule has 0 unspecified atom stereocenters. The Kier molecular flexibility index (Phi) is 4.16. The Bertz CT molecular complexity index is 990. The first-order valence-corrected chi connectivity index (χ1v) is 7.89. The van der Waals surface area contributed by atoms with Crippen LogP contribution < -0.4 is 10.9 Å². The number of hydrogen-bond donors (Lipinski definition) is 2. The smallest absolute Gasteiger partial charge is 0.275 e. The van der Waals surface area contributed by atoms with E-state index in [9.17, 15) is 9.59 Å². The van der Waals surface area contributed by atoms with Crippen molar-refractivity contribution in [3.63, 3.8) is 0 Å². The van der Waals surface area contributed by atoms with Gasteiger partial charge in [-0.05, 0) is 43.7 Å². The number of carbonyl (C=O) groups is 1. The molecule has 0 bridgehead atoms. The SMILES string of the molecule is CCC(=O)Nc1ccc(C)cc1-c1nc2ccc(C)cc2[nH]c1=O. The molecule has 5 nitrogen and oxygen atoms in total. The Hall–Kier alpha value is -2.95. The number of nitrogens with zero attached hydrogens (tertiary/aromatic N) is 1. The predicted molar refractivity (Wildman–Crippen MR) is 96.2 cm³/mol. The zero-order valence-electron chi connectivity index (χ0n) is 13.9. The molecule has 0 aliphatic rings. The third-order valence-corrected chi connectivity index (χ3v) is 3.87. The van der Waals surface area contributed by atoms with Crippen LogP contribution in [0.4, 0.5) is 5.69 Å². The molecule has 0 aliphatic heterocycles. The third kappa shape index (κ3) is 3.06. The highest BCUT2D eigenvalue weighted by atomic mass is 16.1. The van der Waals surface area contributed by atoms with Gasteiger partial charge in [0, 0.05) is 12.0 Å². The summed E-state index contributed by atoms with van der Waals surface area (Å²) < 4.78 is 0. The summed E-state index contributed by atoms with van der Waals surface area (Å²) in [6.07, 6.45) is 0.369. The maximum absolute atomic E-state index is 12.5. The van der Waals surface area contributed by atoms with Crippen molar-refractivity contribution in [1.29, 1.82) is 0 Å². The minimum atomic E-state index is -0.273. The average Bonchev–Trinajstić information content (AvgIpc) is 2.55. The van der Waals surface area contributed by atoms with E-state index < -0.39 is 0 Å². The molecule has 3 rings (SSSR count). The number of carbonyl (C=O) groups excluding carboxylic acids is 1. The lowest BCUT2D eigenvalue weighted by molar-refractivity contribution is -0.115. The molecule has 1 amide bonds. The maximum Gasteiger partial charge on any atom is 0.275 e. The van der Waals surface area contributed by atoms with E-state index >= 15 is 0 Å². The summed E-state index contributed by atoms with van der Waals surface area (Å²) in [5.41, 5.74) is 4.72. The summed E-state index contributed by atoms with van der Waals surface area (Å²) >= 11 is 0. The number of rotatable bonds is 3. The molecule has 2 aromatic carbocycles. The molecule has 1 heterocycles. The van der Waals surface area contributed by atoms with Gasteiger partial charge in [-0.25, -0.2) is 4.98 Å². The van der Waals surface area contributed by atoms with E-state index in [0.717, 1.165) is 11.1 Å². The lowest BCUT2D eigenvalue weighted by Crippen LogP contribution is -2.15. The van der Waals surface area contributed by atoms with Crippen molar-refractivity contribution in [2.45, 2.75) is 27.2 Å². The number of hydrogen-bond acceptors (Lipinski definition) is 3. The molecule has 3 aromatic rings. The zero-order chi connectivity index (χ0) is 17.3. The zero-order valence-corrected chi connectivity index (χ0v) is 13.9. The first-order chi connectivity index (χ1) is 11.5. The fraction of sp³-hybridized carbons (Fsp3) is 0.211. The second-order valence-electron chi connectivity index (χ2n) is 5.89. The molecule has 0 radical (unpaired) electrons. The Morgan fingerprint density at radius 1 is 1.12 bits per heavy atom. The molecule has 0 saturated carbocycles. The van der Waals surface area contributed by atoms with Crippen molar-refractivity contribution in [3.8, 4) is 11.3 Å². The molecule has 0 saturated heterocycles. The summed E-state index contributed by atoms with van der Waals surface area (Å²) in [4.78, 5) is 31.7. The topological polar surface area (TPSA) is 74.8 Å². The summed E-state index contributed by atoms with van der Waals surface area (Å²) in [5.74, 6) is -0.104. The number of H-pyrrole nitrogens is 1. The number of nitrogens with one attached hydrogen (secondary N) is 2. The summed E-state index contributed by atoms with van der Waals surface area (Å²) in [6, 6.07) is 11.3. The third-order valence-electron chi connectivity index (χ3n) is 3.87. The van der Waals surface area contributed by atoms with E-state index in [2.05, 4.69) is 15.3 Å². The predicted octanol–water partition coefficient (Wildman–Crippen LogP) is 3.56. The lowest BCUT2D eigenvalue weighted by atomic mass is 10.1. The molecule has 0 aliphatic carbocycles. The molecular weight excluding hydrogens is 302 g/mol. The van der Waals surface area contributed by atoms with Gasteiger partial charge in [0.2, 0.25) is 5.91 Å². The molecule has 24 heavy (non-hydrogen) atoms. The van der Waals surface area contributed by atoms with Gasteiger partial charge in [-0.1, -0.05) is 24.6 Å². The van der Waals surface area contributed by atoms with Gasteiger partial charge in [-0.2, -0.15) is 0 Å². The number of aromatic nitrogens is 2. The molecule has 0 fully saturated rings. The van der Waals surface area contributed by atoms with Crippen LogP contribution in [0.1, 0.15) is 24.5 Å². The normalized spacial score (nSPS) is 10.8. The highest BCUT2D eigenvalue weighted by Gasteiger charge is 2.14. The van der Waals surface area contributed by atoms with E-state index in [0.29, 0.717) is 34.4 Å². The van der Waals surface area contributed by atoms with Crippen molar-refractivity contribution in [2.75, 3.05) is 5.32 Å². The number of aryl methyl sites for hydroxylation is 2. The van der Waals surface area contributed by atoms with Gasteiger partial charge in [0.1, 0.15) is 5.69 Å². The van der Waals surface area contributed by atoms with E-state index in [4.69, 9.17) is 0 Å². The highest BCUT2D eigenvalue weighted by Crippen LogP contribution is 2.27. The van der Waals surface area contributed by atoms with Gasteiger partial charge >= 0.3 is 0 Å². The van der Waals surface area contributed by atoms with Crippen LogP contribution in [-0.2, 0) is 4.79 Å². The van der Waals surface area contributed by atoms with E-state index in [-0.39, 0.29) is 11.5 Å².